The molecule has 0 unspecified atom stereocenters. The molecule has 7 heteroatoms. The second-order valence-corrected chi connectivity index (χ2v) is 5.45. The van der Waals surface area contributed by atoms with Crippen LogP contribution in [0.1, 0.15) is 16.8 Å². The molecule has 21 heavy (non-hydrogen) atoms. The number of hydrogen-bond acceptors (Lipinski definition) is 6. The minimum atomic E-state index is -0.609. The van der Waals surface area contributed by atoms with Crippen molar-refractivity contribution in [2.45, 2.75) is 23.6 Å². The SMILES string of the molecule is COC(=O)[C@@H]1C[C@@H](OC)CN1C(=O)c1cccnc1SC. The van der Waals surface area contributed by atoms with Crippen LogP contribution in [0.3, 0.4) is 0 Å². The highest BCUT2D eigenvalue weighted by Crippen LogP contribution is 2.26. The summed E-state index contributed by atoms with van der Waals surface area (Å²) in [4.78, 5) is 30.3. The maximum absolute atomic E-state index is 12.7. The molecule has 2 atom stereocenters. The largest absolute Gasteiger partial charge is 0.467 e. The number of rotatable bonds is 4. The standard InChI is InChI=1S/C14H18N2O4S/c1-19-9-7-11(14(18)20-2)16(8-9)13(17)10-5-4-6-15-12(10)21-3/h4-6,9,11H,7-8H2,1-3H3/t9-,11+/m1/s1. The summed E-state index contributed by atoms with van der Waals surface area (Å²) in [5, 5.41) is 0.645. The topological polar surface area (TPSA) is 68.7 Å². The van der Waals surface area contributed by atoms with Crippen molar-refractivity contribution >= 4 is 23.6 Å². The van der Waals surface area contributed by atoms with Crippen LogP contribution < -0.4 is 0 Å². The van der Waals surface area contributed by atoms with Crippen LogP contribution in [0.4, 0.5) is 0 Å². The van der Waals surface area contributed by atoms with E-state index in [4.69, 9.17) is 9.47 Å². The Bertz CT molecular complexity index is 537. The van der Waals surface area contributed by atoms with E-state index in [1.54, 1.807) is 25.4 Å². The number of carbonyl (C=O) groups excluding carboxylic acids is 2. The summed E-state index contributed by atoms with van der Waals surface area (Å²) in [7, 11) is 2.90. The van der Waals surface area contributed by atoms with Gasteiger partial charge < -0.3 is 14.4 Å². The number of pyridine rings is 1. The Morgan fingerprint density at radius 2 is 2.19 bits per heavy atom. The summed E-state index contributed by atoms with van der Waals surface area (Å²) in [6, 6.07) is 2.82. The van der Waals surface area contributed by atoms with Crippen molar-refractivity contribution in [3.63, 3.8) is 0 Å². The number of methoxy groups -OCH3 is 2. The molecule has 0 spiro atoms. The zero-order valence-corrected chi connectivity index (χ0v) is 13.1. The molecule has 0 N–H and O–H groups in total. The molecule has 114 valence electrons. The number of hydrogen-bond donors (Lipinski definition) is 0. The van der Waals surface area contributed by atoms with Gasteiger partial charge in [-0.25, -0.2) is 9.78 Å². The zero-order chi connectivity index (χ0) is 15.4. The highest BCUT2D eigenvalue weighted by atomic mass is 32.2. The summed E-state index contributed by atoms with van der Waals surface area (Å²) < 4.78 is 10.1. The fourth-order valence-corrected chi connectivity index (χ4v) is 2.96. The van der Waals surface area contributed by atoms with Crippen LogP contribution in [0.15, 0.2) is 23.4 Å². The lowest BCUT2D eigenvalue weighted by molar-refractivity contribution is -0.145. The Balaban J connectivity index is 2.29. The average Bonchev–Trinajstić information content (AvgIpc) is 2.97. The molecule has 1 fully saturated rings. The van der Waals surface area contributed by atoms with Gasteiger partial charge in [-0.15, -0.1) is 11.8 Å². The molecular weight excluding hydrogens is 292 g/mol. The van der Waals surface area contributed by atoms with Gasteiger partial charge in [0.1, 0.15) is 11.1 Å². The third-order valence-electron chi connectivity index (χ3n) is 3.53. The Kier molecular flexibility index (Phi) is 5.19. The molecule has 1 aromatic rings. The Morgan fingerprint density at radius 1 is 1.43 bits per heavy atom. The van der Waals surface area contributed by atoms with E-state index in [-0.39, 0.29) is 12.0 Å². The first-order valence-electron chi connectivity index (χ1n) is 6.53. The number of thioether (sulfide) groups is 1. The van der Waals surface area contributed by atoms with Gasteiger partial charge in [0.05, 0.1) is 18.8 Å². The summed E-state index contributed by atoms with van der Waals surface area (Å²) in [5.41, 5.74) is 0.496. The predicted octanol–water partition coefficient (Wildman–Crippen LogP) is 1.21. The maximum atomic E-state index is 12.7. The van der Waals surface area contributed by atoms with Gasteiger partial charge in [-0.05, 0) is 18.4 Å². The van der Waals surface area contributed by atoms with Crippen molar-refractivity contribution in [3.05, 3.63) is 23.9 Å². The van der Waals surface area contributed by atoms with Gasteiger partial charge in [-0.2, -0.15) is 0 Å². The van der Waals surface area contributed by atoms with Crippen molar-refractivity contribution < 1.29 is 19.1 Å². The Morgan fingerprint density at radius 3 is 2.81 bits per heavy atom. The van der Waals surface area contributed by atoms with Crippen molar-refractivity contribution in [1.82, 2.24) is 9.88 Å². The van der Waals surface area contributed by atoms with E-state index in [9.17, 15) is 9.59 Å². The fourth-order valence-electron chi connectivity index (χ4n) is 2.42. The van der Waals surface area contributed by atoms with Gasteiger partial charge in [-0.3, -0.25) is 4.79 Å². The number of likely N-dealkylation sites (tertiary alicyclic amines) is 1. The minimum Gasteiger partial charge on any atom is -0.467 e. The van der Waals surface area contributed by atoms with Crippen molar-refractivity contribution in [2.24, 2.45) is 0 Å². The number of carbonyl (C=O) groups is 2. The monoisotopic (exact) mass is 310 g/mol. The van der Waals surface area contributed by atoms with Crippen molar-refractivity contribution in [1.29, 1.82) is 0 Å². The lowest BCUT2D eigenvalue weighted by atomic mass is 10.2. The third kappa shape index (κ3) is 3.19. The van der Waals surface area contributed by atoms with Gasteiger partial charge in [0.15, 0.2) is 0 Å². The highest BCUT2D eigenvalue weighted by molar-refractivity contribution is 7.98. The zero-order valence-electron chi connectivity index (χ0n) is 12.2. The lowest BCUT2D eigenvalue weighted by Gasteiger charge is -2.23. The summed E-state index contributed by atoms with van der Waals surface area (Å²) in [6.45, 7) is 0.373. The molecule has 1 amide bonds. The van der Waals surface area contributed by atoms with E-state index in [0.29, 0.717) is 23.6 Å². The summed E-state index contributed by atoms with van der Waals surface area (Å²) in [5.74, 6) is -0.639. The van der Waals surface area contributed by atoms with Crippen LogP contribution in [-0.4, -0.2) is 60.9 Å². The van der Waals surface area contributed by atoms with Crippen LogP contribution in [0.25, 0.3) is 0 Å². The van der Waals surface area contributed by atoms with E-state index >= 15 is 0 Å². The van der Waals surface area contributed by atoms with Gasteiger partial charge >= 0.3 is 5.97 Å². The average molecular weight is 310 g/mol. The molecule has 6 nitrogen and oxygen atoms in total. The number of ether oxygens (including phenoxy) is 2. The Hall–Kier alpha value is -1.60. The fraction of sp³-hybridized carbons (Fsp3) is 0.500. The van der Waals surface area contributed by atoms with E-state index in [1.807, 2.05) is 6.26 Å². The molecule has 1 aliphatic rings. The van der Waals surface area contributed by atoms with E-state index in [1.165, 1.54) is 23.8 Å². The van der Waals surface area contributed by atoms with Crippen LogP contribution in [0, 0.1) is 0 Å². The highest BCUT2D eigenvalue weighted by Gasteiger charge is 2.41. The smallest absolute Gasteiger partial charge is 0.328 e. The van der Waals surface area contributed by atoms with Crippen LogP contribution in [0.2, 0.25) is 0 Å². The van der Waals surface area contributed by atoms with Crippen molar-refractivity contribution in [2.75, 3.05) is 27.0 Å². The molecule has 0 saturated carbocycles. The van der Waals surface area contributed by atoms with E-state index in [2.05, 4.69) is 4.98 Å². The summed E-state index contributed by atoms with van der Waals surface area (Å²) >= 11 is 1.40. The second kappa shape index (κ2) is 6.91. The number of nitrogens with zero attached hydrogens (tertiary/aromatic N) is 2. The van der Waals surface area contributed by atoms with Gasteiger partial charge in [-0.1, -0.05) is 0 Å². The van der Waals surface area contributed by atoms with E-state index < -0.39 is 12.0 Å². The van der Waals surface area contributed by atoms with Crippen LogP contribution in [0.5, 0.6) is 0 Å². The second-order valence-electron chi connectivity index (χ2n) is 4.65. The van der Waals surface area contributed by atoms with E-state index in [0.717, 1.165) is 0 Å². The first kappa shape index (κ1) is 15.8. The summed E-state index contributed by atoms with van der Waals surface area (Å²) in [6.07, 6.45) is 3.79. The van der Waals surface area contributed by atoms with Gasteiger partial charge in [0, 0.05) is 26.3 Å². The molecule has 1 aliphatic heterocycles. The third-order valence-corrected chi connectivity index (χ3v) is 4.24. The molecule has 0 bridgehead atoms. The molecule has 1 saturated heterocycles. The number of amides is 1. The first-order valence-corrected chi connectivity index (χ1v) is 7.75. The molecule has 0 aromatic carbocycles. The van der Waals surface area contributed by atoms with Crippen LogP contribution >= 0.6 is 11.8 Å². The predicted molar refractivity (Wildman–Crippen MR) is 78.3 cm³/mol. The quantitative estimate of drug-likeness (QED) is 0.615. The van der Waals surface area contributed by atoms with Gasteiger partial charge in [0.2, 0.25) is 0 Å². The molecule has 0 aliphatic carbocycles. The molecule has 0 radical (unpaired) electrons. The maximum Gasteiger partial charge on any atom is 0.328 e. The molecule has 2 rings (SSSR count). The first-order chi connectivity index (χ1) is 10.1. The molecule has 1 aromatic heterocycles. The molecule has 2 heterocycles. The van der Waals surface area contributed by atoms with Crippen LogP contribution in [-0.2, 0) is 14.3 Å². The normalized spacial score (nSPS) is 21.4. The Labute approximate surface area is 127 Å². The van der Waals surface area contributed by atoms with Gasteiger partial charge in [0.25, 0.3) is 5.91 Å². The number of aromatic nitrogens is 1. The van der Waals surface area contributed by atoms with Crippen molar-refractivity contribution in [3.8, 4) is 0 Å². The molecular formula is C14H18N2O4S. The minimum absolute atomic E-state index is 0.160. The number of esters is 1. The lowest BCUT2D eigenvalue weighted by Crippen LogP contribution is -2.41.